The standard InChI is InChI=1S/C16H15ClN2OS/c1-21(20)11-14-8-15(6-7-16(14)17)19-10-13-4-2-12(9-18)3-5-13/h2-8,19H,10-11H2,1H3/t21-/m1/s1. The zero-order valence-corrected chi connectivity index (χ0v) is 13.2. The fourth-order valence-electron chi connectivity index (χ4n) is 1.92. The summed E-state index contributed by atoms with van der Waals surface area (Å²) in [5.74, 6) is 0.450. The van der Waals surface area contributed by atoms with E-state index in [1.165, 1.54) is 0 Å². The molecule has 2 aromatic rings. The van der Waals surface area contributed by atoms with Gasteiger partial charge in [-0.25, -0.2) is 0 Å². The lowest BCUT2D eigenvalue weighted by Crippen LogP contribution is -2.01. The zero-order valence-electron chi connectivity index (χ0n) is 11.6. The third kappa shape index (κ3) is 4.59. The van der Waals surface area contributed by atoms with Gasteiger partial charge in [0.2, 0.25) is 0 Å². The Morgan fingerprint density at radius 2 is 1.95 bits per heavy atom. The summed E-state index contributed by atoms with van der Waals surface area (Å²) < 4.78 is 11.3. The summed E-state index contributed by atoms with van der Waals surface area (Å²) >= 11 is 6.10. The number of nitrogens with zero attached hydrogens (tertiary/aromatic N) is 1. The first-order chi connectivity index (χ1) is 10.1. The molecule has 1 N–H and O–H groups in total. The van der Waals surface area contributed by atoms with Crippen molar-refractivity contribution in [3.63, 3.8) is 0 Å². The number of nitrogens with one attached hydrogen (secondary N) is 1. The topological polar surface area (TPSA) is 52.9 Å². The van der Waals surface area contributed by atoms with Crippen molar-refractivity contribution in [2.75, 3.05) is 11.6 Å². The lowest BCUT2D eigenvalue weighted by atomic mass is 10.1. The molecule has 3 nitrogen and oxygen atoms in total. The summed E-state index contributed by atoms with van der Waals surface area (Å²) in [4.78, 5) is 0. The molecule has 0 aliphatic rings. The quantitative estimate of drug-likeness (QED) is 0.914. The van der Waals surface area contributed by atoms with Crippen LogP contribution >= 0.6 is 11.6 Å². The average Bonchev–Trinajstić information content (AvgIpc) is 2.48. The van der Waals surface area contributed by atoms with Crippen LogP contribution in [0.2, 0.25) is 5.02 Å². The molecule has 0 fully saturated rings. The highest BCUT2D eigenvalue weighted by Crippen LogP contribution is 2.22. The monoisotopic (exact) mass is 318 g/mol. The summed E-state index contributed by atoms with van der Waals surface area (Å²) in [5.41, 5.74) is 3.55. The normalized spacial score (nSPS) is 11.7. The Bertz CT molecular complexity index is 692. The molecule has 21 heavy (non-hydrogen) atoms. The minimum atomic E-state index is -0.922. The second-order valence-corrected chi connectivity index (χ2v) is 6.53. The highest BCUT2D eigenvalue weighted by atomic mass is 35.5. The number of hydrogen-bond donors (Lipinski definition) is 1. The summed E-state index contributed by atoms with van der Waals surface area (Å²) in [5, 5.41) is 12.7. The van der Waals surface area contributed by atoms with Crippen molar-refractivity contribution in [2.24, 2.45) is 0 Å². The third-order valence-corrected chi connectivity index (χ3v) is 4.07. The van der Waals surface area contributed by atoms with E-state index in [1.807, 2.05) is 30.3 Å². The minimum absolute atomic E-state index is 0.450. The molecule has 0 spiro atoms. The Balaban J connectivity index is 2.05. The Morgan fingerprint density at radius 1 is 1.24 bits per heavy atom. The molecule has 0 aliphatic carbocycles. The van der Waals surface area contributed by atoms with Crippen molar-refractivity contribution in [3.05, 3.63) is 64.2 Å². The van der Waals surface area contributed by atoms with Crippen molar-refractivity contribution in [1.82, 2.24) is 0 Å². The predicted octanol–water partition coefficient (Wildman–Crippen LogP) is 3.70. The van der Waals surface area contributed by atoms with Crippen molar-refractivity contribution in [3.8, 4) is 6.07 Å². The highest BCUT2D eigenvalue weighted by molar-refractivity contribution is 7.83. The number of benzene rings is 2. The second kappa shape index (κ2) is 7.26. The van der Waals surface area contributed by atoms with Crippen LogP contribution in [-0.4, -0.2) is 10.5 Å². The van der Waals surface area contributed by atoms with Crippen LogP contribution in [0, 0.1) is 11.3 Å². The van der Waals surface area contributed by atoms with Gasteiger partial charge in [0.15, 0.2) is 0 Å². The Hall–Kier alpha value is -1.83. The number of halogens is 1. The molecular formula is C16H15ClN2OS. The largest absolute Gasteiger partial charge is 0.381 e. The first-order valence-electron chi connectivity index (χ1n) is 6.40. The minimum Gasteiger partial charge on any atom is -0.381 e. The summed E-state index contributed by atoms with van der Waals surface area (Å²) in [6.45, 7) is 0.655. The van der Waals surface area contributed by atoms with Gasteiger partial charge >= 0.3 is 0 Å². The maximum atomic E-state index is 11.3. The van der Waals surface area contributed by atoms with Gasteiger partial charge in [0, 0.05) is 40.1 Å². The van der Waals surface area contributed by atoms with E-state index in [0.717, 1.165) is 16.8 Å². The Morgan fingerprint density at radius 3 is 2.57 bits per heavy atom. The van der Waals surface area contributed by atoms with Crippen LogP contribution in [0.15, 0.2) is 42.5 Å². The number of rotatable bonds is 5. The van der Waals surface area contributed by atoms with Crippen LogP contribution in [0.3, 0.4) is 0 Å². The van der Waals surface area contributed by atoms with Gasteiger partial charge in [-0.15, -0.1) is 0 Å². The Labute approximate surface area is 132 Å². The van der Waals surface area contributed by atoms with E-state index in [-0.39, 0.29) is 0 Å². The van der Waals surface area contributed by atoms with E-state index in [9.17, 15) is 4.21 Å². The molecule has 0 heterocycles. The number of hydrogen-bond acceptors (Lipinski definition) is 3. The lowest BCUT2D eigenvalue weighted by molar-refractivity contribution is 0.686. The third-order valence-electron chi connectivity index (χ3n) is 2.98. The number of nitriles is 1. The SMILES string of the molecule is C[S@@](=O)Cc1cc(NCc2ccc(C#N)cc2)ccc1Cl. The second-order valence-electron chi connectivity index (χ2n) is 4.69. The van der Waals surface area contributed by atoms with Crippen LogP contribution in [0.5, 0.6) is 0 Å². The van der Waals surface area contributed by atoms with E-state index in [0.29, 0.717) is 22.9 Å². The molecule has 0 saturated carbocycles. The molecule has 0 radical (unpaired) electrons. The molecule has 0 aliphatic heterocycles. The van der Waals surface area contributed by atoms with Crippen molar-refractivity contribution < 1.29 is 4.21 Å². The molecule has 0 amide bonds. The molecule has 1 atom stereocenters. The first-order valence-corrected chi connectivity index (χ1v) is 8.50. The van der Waals surface area contributed by atoms with Crippen LogP contribution in [0.4, 0.5) is 5.69 Å². The molecule has 108 valence electrons. The van der Waals surface area contributed by atoms with Gasteiger partial charge in [0.05, 0.1) is 11.6 Å². The Kier molecular flexibility index (Phi) is 5.38. The molecule has 2 aromatic carbocycles. The molecule has 0 saturated heterocycles. The van der Waals surface area contributed by atoms with Gasteiger partial charge in [-0.1, -0.05) is 23.7 Å². The van der Waals surface area contributed by atoms with Crippen molar-refractivity contribution in [1.29, 1.82) is 5.26 Å². The highest BCUT2D eigenvalue weighted by Gasteiger charge is 2.04. The molecule has 5 heteroatoms. The van der Waals surface area contributed by atoms with Crippen molar-refractivity contribution >= 4 is 28.1 Å². The lowest BCUT2D eigenvalue weighted by Gasteiger charge is -2.09. The summed E-state index contributed by atoms with van der Waals surface area (Å²) in [6.07, 6.45) is 1.66. The van der Waals surface area contributed by atoms with Gasteiger partial charge in [-0.3, -0.25) is 4.21 Å². The maximum absolute atomic E-state index is 11.3. The van der Waals surface area contributed by atoms with Crippen molar-refractivity contribution in [2.45, 2.75) is 12.3 Å². The zero-order chi connectivity index (χ0) is 15.2. The number of anilines is 1. The first kappa shape index (κ1) is 15.6. The maximum Gasteiger partial charge on any atom is 0.0991 e. The van der Waals surface area contributed by atoms with Gasteiger partial charge in [0.1, 0.15) is 0 Å². The van der Waals surface area contributed by atoms with E-state index in [1.54, 1.807) is 18.4 Å². The van der Waals surface area contributed by atoms with Crippen LogP contribution in [0.1, 0.15) is 16.7 Å². The van der Waals surface area contributed by atoms with Crippen LogP contribution < -0.4 is 5.32 Å². The molecule has 2 rings (SSSR count). The van der Waals surface area contributed by atoms with Gasteiger partial charge in [0.25, 0.3) is 0 Å². The summed E-state index contributed by atoms with van der Waals surface area (Å²) in [7, 11) is -0.922. The molecule has 0 aromatic heterocycles. The van der Waals surface area contributed by atoms with E-state index in [2.05, 4.69) is 11.4 Å². The van der Waals surface area contributed by atoms with E-state index in [4.69, 9.17) is 16.9 Å². The summed E-state index contributed by atoms with van der Waals surface area (Å²) in [6, 6.07) is 15.2. The molecular weight excluding hydrogens is 304 g/mol. The molecule has 0 unspecified atom stereocenters. The van der Waals surface area contributed by atoms with Gasteiger partial charge < -0.3 is 5.32 Å². The smallest absolute Gasteiger partial charge is 0.0991 e. The van der Waals surface area contributed by atoms with Crippen LogP contribution in [-0.2, 0) is 23.1 Å². The van der Waals surface area contributed by atoms with E-state index < -0.39 is 10.8 Å². The van der Waals surface area contributed by atoms with Crippen LogP contribution in [0.25, 0.3) is 0 Å². The predicted molar refractivity (Wildman–Crippen MR) is 87.7 cm³/mol. The van der Waals surface area contributed by atoms with E-state index >= 15 is 0 Å². The average molecular weight is 319 g/mol. The molecule has 0 bridgehead atoms. The fraction of sp³-hybridized carbons (Fsp3) is 0.188. The van der Waals surface area contributed by atoms with Gasteiger partial charge in [-0.05, 0) is 41.5 Å². The fourth-order valence-corrected chi connectivity index (χ4v) is 2.86. The van der Waals surface area contributed by atoms with Gasteiger partial charge in [-0.2, -0.15) is 5.26 Å².